The number of anilines is 1. The summed E-state index contributed by atoms with van der Waals surface area (Å²) in [6.45, 7) is 5.46. The molecule has 0 aliphatic carbocycles. The zero-order valence-electron chi connectivity index (χ0n) is 11.1. The van der Waals surface area contributed by atoms with Gasteiger partial charge >= 0.3 is 0 Å². The first-order chi connectivity index (χ1) is 8.54. The van der Waals surface area contributed by atoms with Gasteiger partial charge in [-0.25, -0.2) is 4.98 Å². The van der Waals surface area contributed by atoms with E-state index in [0.717, 1.165) is 12.4 Å². The van der Waals surface area contributed by atoms with Crippen LogP contribution in [-0.2, 0) is 0 Å². The summed E-state index contributed by atoms with van der Waals surface area (Å²) in [5.41, 5.74) is 0.520. The topological polar surface area (TPSA) is 45.2 Å². The molecule has 1 rings (SSSR count). The van der Waals surface area contributed by atoms with E-state index in [1.165, 1.54) is 0 Å². The highest BCUT2D eigenvalue weighted by atomic mass is 16.1. The van der Waals surface area contributed by atoms with E-state index in [9.17, 15) is 4.79 Å². The van der Waals surface area contributed by atoms with Gasteiger partial charge in [0.2, 0.25) is 0 Å². The van der Waals surface area contributed by atoms with Crippen LogP contribution in [-0.4, -0.2) is 31.0 Å². The molecule has 0 aliphatic heterocycles. The van der Waals surface area contributed by atoms with E-state index in [0.29, 0.717) is 11.5 Å². The summed E-state index contributed by atoms with van der Waals surface area (Å²) in [6.07, 6.45) is 6.65. The van der Waals surface area contributed by atoms with Crippen LogP contribution in [0.1, 0.15) is 24.2 Å². The fourth-order valence-electron chi connectivity index (χ4n) is 1.62. The summed E-state index contributed by atoms with van der Waals surface area (Å²) in [7, 11) is 1.99. The van der Waals surface area contributed by atoms with Crippen molar-refractivity contribution in [2.75, 3.05) is 25.0 Å². The van der Waals surface area contributed by atoms with Gasteiger partial charge in [-0.05, 0) is 18.1 Å². The summed E-state index contributed by atoms with van der Waals surface area (Å²) in [5, 5.41) is 2.60. The number of hydrogen-bond donors (Lipinski definition) is 1. The molecule has 0 saturated heterocycles. The standard InChI is InChI=1S/C14H19N3O/c1-5-8-15-14(18)12-6-7-13(16-9-12)17(4)10-11(2)3/h1,6-7,9,11H,8,10H2,2-4H3,(H,15,18). The molecular formula is C14H19N3O. The van der Waals surface area contributed by atoms with Crippen molar-refractivity contribution in [3.8, 4) is 12.3 Å². The van der Waals surface area contributed by atoms with E-state index < -0.39 is 0 Å². The Morgan fingerprint density at radius 2 is 2.28 bits per heavy atom. The molecule has 0 aromatic carbocycles. The second kappa shape index (κ2) is 6.65. The Morgan fingerprint density at radius 3 is 2.78 bits per heavy atom. The Labute approximate surface area is 108 Å². The summed E-state index contributed by atoms with van der Waals surface area (Å²) in [5.74, 6) is 3.59. The average Bonchev–Trinajstić information content (AvgIpc) is 2.35. The molecule has 4 heteroatoms. The molecule has 1 N–H and O–H groups in total. The maximum absolute atomic E-state index is 11.6. The van der Waals surface area contributed by atoms with Gasteiger partial charge in [-0.15, -0.1) is 6.42 Å². The van der Waals surface area contributed by atoms with Crippen molar-refractivity contribution < 1.29 is 4.79 Å². The van der Waals surface area contributed by atoms with Crippen LogP contribution in [0, 0.1) is 18.3 Å². The number of rotatable bonds is 5. The fraction of sp³-hybridized carbons (Fsp3) is 0.429. The van der Waals surface area contributed by atoms with E-state index in [4.69, 9.17) is 6.42 Å². The number of hydrogen-bond acceptors (Lipinski definition) is 3. The van der Waals surface area contributed by atoms with E-state index in [2.05, 4.69) is 35.0 Å². The number of nitrogens with zero attached hydrogens (tertiary/aromatic N) is 2. The average molecular weight is 245 g/mol. The highest BCUT2D eigenvalue weighted by Crippen LogP contribution is 2.11. The molecule has 18 heavy (non-hydrogen) atoms. The van der Waals surface area contributed by atoms with Gasteiger partial charge in [0.25, 0.3) is 5.91 Å². The molecular weight excluding hydrogens is 226 g/mol. The lowest BCUT2D eigenvalue weighted by Crippen LogP contribution is -2.25. The lowest BCUT2D eigenvalue weighted by Gasteiger charge is -2.20. The van der Waals surface area contributed by atoms with Crippen LogP contribution in [0.25, 0.3) is 0 Å². The monoisotopic (exact) mass is 245 g/mol. The van der Waals surface area contributed by atoms with Gasteiger partial charge in [0, 0.05) is 19.8 Å². The van der Waals surface area contributed by atoms with Crippen LogP contribution in [0.4, 0.5) is 5.82 Å². The van der Waals surface area contributed by atoms with Crippen LogP contribution < -0.4 is 10.2 Å². The Balaban J connectivity index is 2.68. The van der Waals surface area contributed by atoms with Crippen molar-refractivity contribution in [2.45, 2.75) is 13.8 Å². The Morgan fingerprint density at radius 1 is 1.56 bits per heavy atom. The molecule has 1 amide bonds. The van der Waals surface area contributed by atoms with Crippen LogP contribution >= 0.6 is 0 Å². The molecule has 4 nitrogen and oxygen atoms in total. The second-order valence-corrected chi connectivity index (χ2v) is 4.57. The zero-order chi connectivity index (χ0) is 13.5. The predicted molar refractivity (Wildman–Crippen MR) is 73.5 cm³/mol. The van der Waals surface area contributed by atoms with Gasteiger partial charge in [-0.1, -0.05) is 19.8 Å². The normalized spacial score (nSPS) is 9.94. The third-order valence-corrected chi connectivity index (χ3v) is 2.39. The Bertz CT molecular complexity index is 431. The molecule has 96 valence electrons. The Kier molecular flexibility index (Phi) is 5.19. The van der Waals surface area contributed by atoms with E-state index in [-0.39, 0.29) is 12.5 Å². The minimum absolute atomic E-state index is 0.196. The van der Waals surface area contributed by atoms with Gasteiger partial charge in [0.15, 0.2) is 0 Å². The number of aromatic nitrogens is 1. The predicted octanol–water partition coefficient (Wildman–Crippen LogP) is 1.54. The summed E-state index contributed by atoms with van der Waals surface area (Å²) in [4.78, 5) is 17.9. The number of amides is 1. The maximum atomic E-state index is 11.6. The lowest BCUT2D eigenvalue weighted by atomic mass is 10.2. The van der Waals surface area contributed by atoms with Gasteiger partial charge in [0.1, 0.15) is 5.82 Å². The number of nitrogens with one attached hydrogen (secondary N) is 1. The quantitative estimate of drug-likeness (QED) is 0.800. The molecule has 0 saturated carbocycles. The van der Waals surface area contributed by atoms with E-state index >= 15 is 0 Å². The first kappa shape index (κ1) is 14.0. The molecule has 1 aromatic heterocycles. The van der Waals surface area contributed by atoms with Crippen molar-refractivity contribution >= 4 is 11.7 Å². The summed E-state index contributed by atoms with van der Waals surface area (Å²) < 4.78 is 0. The molecule has 0 fully saturated rings. The van der Waals surface area contributed by atoms with Crippen molar-refractivity contribution in [1.29, 1.82) is 0 Å². The lowest BCUT2D eigenvalue weighted by molar-refractivity contribution is 0.0958. The SMILES string of the molecule is C#CCNC(=O)c1ccc(N(C)CC(C)C)nc1. The van der Waals surface area contributed by atoms with Gasteiger partial charge in [-0.2, -0.15) is 0 Å². The van der Waals surface area contributed by atoms with Crippen LogP contribution in [0.3, 0.4) is 0 Å². The van der Waals surface area contributed by atoms with Gasteiger partial charge in [0.05, 0.1) is 12.1 Å². The Hall–Kier alpha value is -2.02. The fourth-order valence-corrected chi connectivity index (χ4v) is 1.62. The van der Waals surface area contributed by atoms with Crippen LogP contribution in [0.2, 0.25) is 0 Å². The van der Waals surface area contributed by atoms with E-state index in [1.54, 1.807) is 12.3 Å². The molecule has 0 radical (unpaired) electrons. The first-order valence-electron chi connectivity index (χ1n) is 5.93. The third kappa shape index (κ3) is 4.10. The van der Waals surface area contributed by atoms with E-state index in [1.807, 2.05) is 13.1 Å². The van der Waals surface area contributed by atoms with Gasteiger partial charge in [-0.3, -0.25) is 4.79 Å². The van der Waals surface area contributed by atoms with Crippen molar-refractivity contribution in [3.05, 3.63) is 23.9 Å². The minimum atomic E-state index is -0.196. The highest BCUT2D eigenvalue weighted by molar-refractivity contribution is 5.94. The molecule has 0 bridgehead atoms. The molecule has 1 heterocycles. The minimum Gasteiger partial charge on any atom is -0.359 e. The summed E-state index contributed by atoms with van der Waals surface area (Å²) >= 11 is 0. The van der Waals surface area contributed by atoms with Crippen molar-refractivity contribution in [2.24, 2.45) is 5.92 Å². The number of carbonyl (C=O) groups excluding carboxylic acids is 1. The molecule has 0 aliphatic rings. The second-order valence-electron chi connectivity index (χ2n) is 4.57. The first-order valence-corrected chi connectivity index (χ1v) is 5.93. The number of carbonyl (C=O) groups is 1. The molecule has 0 atom stereocenters. The smallest absolute Gasteiger partial charge is 0.253 e. The van der Waals surface area contributed by atoms with Crippen LogP contribution in [0.15, 0.2) is 18.3 Å². The van der Waals surface area contributed by atoms with Crippen molar-refractivity contribution in [1.82, 2.24) is 10.3 Å². The molecule has 0 unspecified atom stereocenters. The van der Waals surface area contributed by atoms with Gasteiger partial charge < -0.3 is 10.2 Å². The third-order valence-electron chi connectivity index (χ3n) is 2.39. The van der Waals surface area contributed by atoms with Crippen LogP contribution in [0.5, 0.6) is 0 Å². The molecule has 0 spiro atoms. The maximum Gasteiger partial charge on any atom is 0.253 e. The summed E-state index contributed by atoms with van der Waals surface area (Å²) in [6, 6.07) is 3.60. The largest absolute Gasteiger partial charge is 0.359 e. The number of pyridine rings is 1. The van der Waals surface area contributed by atoms with Crippen molar-refractivity contribution in [3.63, 3.8) is 0 Å². The number of terminal acetylenes is 1. The highest BCUT2D eigenvalue weighted by Gasteiger charge is 2.08. The zero-order valence-corrected chi connectivity index (χ0v) is 11.1. The molecule has 1 aromatic rings.